The summed E-state index contributed by atoms with van der Waals surface area (Å²) in [6.45, 7) is 2.10. The molecule has 0 aromatic carbocycles. The third-order valence-electron chi connectivity index (χ3n) is 1.96. The van der Waals surface area contributed by atoms with Crippen LogP contribution in [0, 0.1) is 0 Å². The minimum Gasteiger partial charge on any atom is -0.458 e. The van der Waals surface area contributed by atoms with Crippen molar-refractivity contribution in [1.29, 1.82) is 0 Å². The lowest BCUT2D eigenvalue weighted by molar-refractivity contribution is -0.147. The van der Waals surface area contributed by atoms with Crippen molar-refractivity contribution in [3.8, 4) is 0 Å². The SMILES string of the molecule is CCCC1/C=C\CCCC(=O)O1. The van der Waals surface area contributed by atoms with Crippen molar-refractivity contribution >= 4 is 5.97 Å². The van der Waals surface area contributed by atoms with Gasteiger partial charge in [0.25, 0.3) is 0 Å². The van der Waals surface area contributed by atoms with Gasteiger partial charge in [-0.15, -0.1) is 0 Å². The summed E-state index contributed by atoms with van der Waals surface area (Å²) >= 11 is 0. The molecule has 1 aliphatic heterocycles. The fraction of sp³-hybridized carbons (Fsp3) is 0.700. The van der Waals surface area contributed by atoms with Gasteiger partial charge >= 0.3 is 5.97 Å². The fourth-order valence-corrected chi connectivity index (χ4v) is 1.32. The smallest absolute Gasteiger partial charge is 0.306 e. The first-order valence-electron chi connectivity index (χ1n) is 4.69. The first kappa shape index (κ1) is 9.30. The van der Waals surface area contributed by atoms with E-state index in [0.717, 1.165) is 25.7 Å². The fourth-order valence-electron chi connectivity index (χ4n) is 1.32. The molecule has 1 unspecified atom stereocenters. The van der Waals surface area contributed by atoms with Gasteiger partial charge in [-0.2, -0.15) is 0 Å². The Labute approximate surface area is 73.6 Å². The highest BCUT2D eigenvalue weighted by molar-refractivity contribution is 5.69. The first-order valence-corrected chi connectivity index (χ1v) is 4.69. The van der Waals surface area contributed by atoms with E-state index in [0.29, 0.717) is 6.42 Å². The van der Waals surface area contributed by atoms with Crippen LogP contribution in [0.15, 0.2) is 12.2 Å². The lowest BCUT2D eigenvalue weighted by Crippen LogP contribution is -2.16. The van der Waals surface area contributed by atoms with Gasteiger partial charge in [-0.05, 0) is 25.3 Å². The van der Waals surface area contributed by atoms with Crippen LogP contribution in [0.5, 0.6) is 0 Å². The predicted molar refractivity (Wildman–Crippen MR) is 47.8 cm³/mol. The van der Waals surface area contributed by atoms with Crippen LogP contribution in [0.25, 0.3) is 0 Å². The summed E-state index contributed by atoms with van der Waals surface area (Å²) in [5, 5.41) is 0. The van der Waals surface area contributed by atoms with Crippen molar-refractivity contribution in [2.75, 3.05) is 0 Å². The molecular formula is C10H16O2. The van der Waals surface area contributed by atoms with Crippen molar-refractivity contribution in [3.05, 3.63) is 12.2 Å². The molecule has 0 fully saturated rings. The number of carbonyl (C=O) groups excluding carboxylic acids is 1. The van der Waals surface area contributed by atoms with Crippen molar-refractivity contribution in [1.82, 2.24) is 0 Å². The molecule has 0 bridgehead atoms. The quantitative estimate of drug-likeness (QED) is 0.467. The third kappa shape index (κ3) is 3.07. The Morgan fingerprint density at radius 3 is 3.25 bits per heavy atom. The zero-order valence-electron chi connectivity index (χ0n) is 7.58. The average Bonchev–Trinajstić information content (AvgIpc) is 2.00. The third-order valence-corrected chi connectivity index (χ3v) is 1.96. The standard InChI is InChI=1S/C10H16O2/c1-2-6-9-7-4-3-5-8-10(11)12-9/h4,7,9H,2-3,5-6,8H2,1H3/b7-4-. The molecule has 0 aliphatic carbocycles. The van der Waals surface area contributed by atoms with Gasteiger partial charge in [-0.25, -0.2) is 0 Å². The molecule has 0 aromatic heterocycles. The molecule has 2 nitrogen and oxygen atoms in total. The number of hydrogen-bond donors (Lipinski definition) is 0. The highest BCUT2D eigenvalue weighted by Gasteiger charge is 2.11. The van der Waals surface area contributed by atoms with E-state index in [4.69, 9.17) is 4.74 Å². The van der Waals surface area contributed by atoms with Crippen LogP contribution in [-0.4, -0.2) is 12.1 Å². The van der Waals surface area contributed by atoms with Gasteiger partial charge in [-0.1, -0.05) is 19.4 Å². The van der Waals surface area contributed by atoms with E-state index in [2.05, 4.69) is 13.0 Å². The summed E-state index contributed by atoms with van der Waals surface area (Å²) in [5.41, 5.74) is 0. The molecule has 2 heteroatoms. The molecular weight excluding hydrogens is 152 g/mol. The lowest BCUT2D eigenvalue weighted by Gasteiger charge is -2.15. The number of rotatable bonds is 2. The summed E-state index contributed by atoms with van der Waals surface area (Å²) in [6, 6.07) is 0. The summed E-state index contributed by atoms with van der Waals surface area (Å²) in [6.07, 6.45) is 8.68. The van der Waals surface area contributed by atoms with E-state index in [1.165, 1.54) is 0 Å². The van der Waals surface area contributed by atoms with E-state index >= 15 is 0 Å². The van der Waals surface area contributed by atoms with Gasteiger partial charge < -0.3 is 4.74 Å². The normalized spacial score (nSPS) is 27.1. The molecule has 1 rings (SSSR count). The minimum atomic E-state index is -0.0437. The topological polar surface area (TPSA) is 26.3 Å². The lowest BCUT2D eigenvalue weighted by atomic mass is 10.1. The van der Waals surface area contributed by atoms with E-state index in [-0.39, 0.29) is 12.1 Å². The van der Waals surface area contributed by atoms with Gasteiger partial charge in [0.1, 0.15) is 6.10 Å². The highest BCUT2D eigenvalue weighted by Crippen LogP contribution is 2.11. The van der Waals surface area contributed by atoms with Gasteiger partial charge in [0, 0.05) is 6.42 Å². The Morgan fingerprint density at radius 2 is 2.50 bits per heavy atom. The molecule has 68 valence electrons. The number of hydrogen-bond acceptors (Lipinski definition) is 2. The predicted octanol–water partition coefficient (Wildman–Crippen LogP) is 2.44. The molecule has 12 heavy (non-hydrogen) atoms. The highest BCUT2D eigenvalue weighted by atomic mass is 16.5. The first-order chi connectivity index (χ1) is 5.83. The number of ether oxygens (including phenoxy) is 1. The van der Waals surface area contributed by atoms with Crippen molar-refractivity contribution in [3.63, 3.8) is 0 Å². The molecule has 0 saturated carbocycles. The molecule has 1 aliphatic rings. The Bertz CT molecular complexity index is 173. The molecule has 1 atom stereocenters. The summed E-state index contributed by atoms with van der Waals surface area (Å²) in [4.78, 5) is 11.1. The number of esters is 1. The molecule has 0 amide bonds. The molecule has 0 spiro atoms. The van der Waals surface area contributed by atoms with Gasteiger partial charge in [0.05, 0.1) is 0 Å². The Hall–Kier alpha value is -0.790. The van der Waals surface area contributed by atoms with Gasteiger partial charge in [-0.3, -0.25) is 4.79 Å². The average molecular weight is 168 g/mol. The monoisotopic (exact) mass is 168 g/mol. The second-order valence-corrected chi connectivity index (χ2v) is 3.14. The van der Waals surface area contributed by atoms with Crippen LogP contribution in [-0.2, 0) is 9.53 Å². The Kier molecular flexibility index (Phi) is 3.85. The largest absolute Gasteiger partial charge is 0.458 e. The Balaban J connectivity index is 2.46. The van der Waals surface area contributed by atoms with Crippen LogP contribution in [0.2, 0.25) is 0 Å². The molecule has 0 N–H and O–H groups in total. The number of carbonyl (C=O) groups is 1. The maximum Gasteiger partial charge on any atom is 0.306 e. The van der Waals surface area contributed by atoms with Crippen LogP contribution in [0.4, 0.5) is 0 Å². The zero-order valence-corrected chi connectivity index (χ0v) is 7.58. The molecule has 0 saturated heterocycles. The second kappa shape index (κ2) is 4.96. The Morgan fingerprint density at radius 1 is 1.67 bits per heavy atom. The summed E-state index contributed by atoms with van der Waals surface area (Å²) in [5.74, 6) is -0.0437. The zero-order chi connectivity index (χ0) is 8.81. The molecule has 0 aromatic rings. The minimum absolute atomic E-state index is 0.0304. The van der Waals surface area contributed by atoms with Crippen LogP contribution >= 0.6 is 0 Å². The molecule has 0 radical (unpaired) electrons. The van der Waals surface area contributed by atoms with Crippen LogP contribution < -0.4 is 0 Å². The van der Waals surface area contributed by atoms with Crippen LogP contribution in [0.1, 0.15) is 39.0 Å². The van der Waals surface area contributed by atoms with Gasteiger partial charge in [0.2, 0.25) is 0 Å². The van der Waals surface area contributed by atoms with Crippen molar-refractivity contribution in [2.45, 2.75) is 45.1 Å². The van der Waals surface area contributed by atoms with Crippen LogP contribution in [0.3, 0.4) is 0 Å². The summed E-state index contributed by atoms with van der Waals surface area (Å²) in [7, 11) is 0. The maximum absolute atomic E-state index is 11.1. The second-order valence-electron chi connectivity index (χ2n) is 3.14. The van der Waals surface area contributed by atoms with E-state index in [1.54, 1.807) is 0 Å². The van der Waals surface area contributed by atoms with Crippen molar-refractivity contribution in [2.24, 2.45) is 0 Å². The van der Waals surface area contributed by atoms with Gasteiger partial charge in [0.15, 0.2) is 0 Å². The number of allylic oxidation sites excluding steroid dienone is 1. The van der Waals surface area contributed by atoms with E-state index in [9.17, 15) is 4.79 Å². The molecule has 1 heterocycles. The van der Waals surface area contributed by atoms with E-state index < -0.39 is 0 Å². The van der Waals surface area contributed by atoms with Crippen molar-refractivity contribution < 1.29 is 9.53 Å². The number of cyclic esters (lactones) is 1. The maximum atomic E-state index is 11.1. The summed E-state index contributed by atoms with van der Waals surface area (Å²) < 4.78 is 5.21. The van der Waals surface area contributed by atoms with E-state index in [1.807, 2.05) is 6.08 Å².